The number of hydrogen-bond acceptors (Lipinski definition) is 3. The summed E-state index contributed by atoms with van der Waals surface area (Å²) in [4.78, 5) is 9.08. The van der Waals surface area contributed by atoms with E-state index in [4.69, 9.17) is 7.16 Å². The largest absolute Gasteiger partial charge is 0.437 e. The minimum atomic E-state index is -1.40. The van der Waals surface area contributed by atoms with Gasteiger partial charge >= 0.3 is 0 Å². The molecule has 4 aromatic rings. The fourth-order valence-electron chi connectivity index (χ4n) is 4.26. The van der Waals surface area contributed by atoms with E-state index in [1.807, 2.05) is 49.4 Å². The van der Waals surface area contributed by atoms with Gasteiger partial charge in [0.15, 0.2) is 0 Å². The standard InChI is InChI=1S/C24H24N2O/c1-16-8-9-19-18-6-5-7-20(22(18)27-23(19)26-16)21-14-17(10-13-25-21)15-24(2)11-3-4-12-24/h5-10,13-14H,3-4,11-12,15H2,1-2H3/i15D2. The van der Waals surface area contributed by atoms with Crippen molar-refractivity contribution in [2.75, 3.05) is 0 Å². The average Bonchev–Trinajstić information content (AvgIpc) is 3.32. The van der Waals surface area contributed by atoms with E-state index in [-0.39, 0.29) is 5.41 Å². The molecule has 27 heavy (non-hydrogen) atoms. The fraction of sp³-hybridized carbons (Fsp3) is 0.333. The molecule has 1 aliphatic carbocycles. The molecule has 0 N–H and O–H groups in total. The van der Waals surface area contributed by atoms with Gasteiger partial charge in [-0.2, -0.15) is 0 Å². The third-order valence-corrected chi connectivity index (χ3v) is 5.69. The first-order valence-electron chi connectivity index (χ1n) is 10.6. The number of pyridine rings is 2. The van der Waals surface area contributed by atoms with Crippen molar-refractivity contribution in [3.8, 4) is 11.3 Å². The highest BCUT2D eigenvalue weighted by molar-refractivity contribution is 6.08. The number of aryl methyl sites for hydroxylation is 1. The number of furan rings is 1. The van der Waals surface area contributed by atoms with Crippen LogP contribution in [-0.2, 0) is 6.37 Å². The van der Waals surface area contributed by atoms with Crippen molar-refractivity contribution in [3.63, 3.8) is 0 Å². The highest BCUT2D eigenvalue weighted by Crippen LogP contribution is 2.41. The van der Waals surface area contributed by atoms with Gasteiger partial charge in [0.05, 0.1) is 5.69 Å². The maximum Gasteiger partial charge on any atom is 0.227 e. The molecule has 1 aromatic carbocycles. The van der Waals surface area contributed by atoms with Crippen LogP contribution in [0.5, 0.6) is 0 Å². The number of aromatic nitrogens is 2. The van der Waals surface area contributed by atoms with Crippen LogP contribution in [-0.4, -0.2) is 9.97 Å². The number of benzene rings is 1. The lowest BCUT2D eigenvalue weighted by molar-refractivity contribution is 0.334. The van der Waals surface area contributed by atoms with Crippen molar-refractivity contribution in [1.82, 2.24) is 9.97 Å². The Kier molecular flexibility index (Phi) is 3.30. The van der Waals surface area contributed by atoms with Crippen LogP contribution in [0.4, 0.5) is 0 Å². The van der Waals surface area contributed by atoms with Gasteiger partial charge in [0, 0.05) is 31.0 Å². The quantitative estimate of drug-likeness (QED) is 0.421. The van der Waals surface area contributed by atoms with Crippen molar-refractivity contribution < 1.29 is 7.16 Å². The lowest BCUT2D eigenvalue weighted by Crippen LogP contribution is -2.14. The van der Waals surface area contributed by atoms with Crippen LogP contribution in [0.1, 0.15) is 46.6 Å². The Morgan fingerprint density at radius 3 is 2.81 bits per heavy atom. The van der Waals surface area contributed by atoms with E-state index in [9.17, 15) is 0 Å². The predicted octanol–water partition coefficient (Wildman–Crippen LogP) is 6.47. The van der Waals surface area contributed by atoms with Gasteiger partial charge in [0.2, 0.25) is 5.71 Å². The summed E-state index contributed by atoms with van der Waals surface area (Å²) in [7, 11) is 0. The van der Waals surface area contributed by atoms with Crippen LogP contribution in [0.15, 0.2) is 53.1 Å². The zero-order valence-electron chi connectivity index (χ0n) is 17.7. The minimum absolute atomic E-state index is 0.335. The molecule has 0 atom stereocenters. The summed E-state index contributed by atoms with van der Waals surface area (Å²) in [6.07, 6.45) is 4.34. The monoisotopic (exact) mass is 358 g/mol. The fourth-order valence-corrected chi connectivity index (χ4v) is 4.26. The van der Waals surface area contributed by atoms with E-state index in [1.54, 1.807) is 6.20 Å². The second kappa shape index (κ2) is 6.19. The Balaban J connectivity index is 1.66. The molecule has 3 heterocycles. The average molecular weight is 358 g/mol. The zero-order valence-corrected chi connectivity index (χ0v) is 15.7. The molecule has 0 bridgehead atoms. The van der Waals surface area contributed by atoms with Crippen LogP contribution in [0.25, 0.3) is 33.3 Å². The minimum Gasteiger partial charge on any atom is -0.437 e. The summed E-state index contributed by atoms with van der Waals surface area (Å²) in [6.45, 7) is 4.03. The Labute approximate surface area is 162 Å². The first-order chi connectivity index (χ1) is 13.9. The van der Waals surface area contributed by atoms with Gasteiger partial charge in [-0.3, -0.25) is 4.98 Å². The van der Waals surface area contributed by atoms with Crippen molar-refractivity contribution in [1.29, 1.82) is 0 Å². The van der Waals surface area contributed by atoms with Crippen molar-refractivity contribution >= 4 is 22.1 Å². The molecule has 1 fully saturated rings. The molecule has 0 aliphatic heterocycles. The Hall–Kier alpha value is -2.68. The molecule has 0 radical (unpaired) electrons. The predicted molar refractivity (Wildman–Crippen MR) is 110 cm³/mol. The number of nitrogens with zero attached hydrogens (tertiary/aromatic N) is 2. The third-order valence-electron chi connectivity index (χ3n) is 5.69. The molecule has 1 saturated carbocycles. The molecule has 0 unspecified atom stereocenters. The van der Waals surface area contributed by atoms with Gasteiger partial charge in [-0.1, -0.05) is 31.9 Å². The van der Waals surface area contributed by atoms with Crippen LogP contribution < -0.4 is 0 Å². The van der Waals surface area contributed by atoms with Crippen molar-refractivity contribution in [2.24, 2.45) is 5.41 Å². The summed E-state index contributed by atoms with van der Waals surface area (Å²) in [5, 5.41) is 1.99. The van der Waals surface area contributed by atoms with E-state index < -0.39 is 6.37 Å². The molecule has 3 heteroatoms. The highest BCUT2D eigenvalue weighted by atomic mass is 16.3. The Morgan fingerprint density at radius 2 is 1.96 bits per heavy atom. The molecule has 0 saturated heterocycles. The summed E-state index contributed by atoms with van der Waals surface area (Å²) < 4.78 is 23.9. The molecular weight excluding hydrogens is 332 g/mol. The molecular formula is C24H24N2O. The molecule has 1 aliphatic rings. The van der Waals surface area contributed by atoms with E-state index in [0.29, 0.717) is 11.3 Å². The molecule has 136 valence electrons. The van der Waals surface area contributed by atoms with Crippen LogP contribution in [0.3, 0.4) is 0 Å². The van der Waals surface area contributed by atoms with E-state index in [2.05, 4.69) is 16.9 Å². The zero-order chi connectivity index (χ0) is 20.2. The summed E-state index contributed by atoms with van der Waals surface area (Å²) in [5.74, 6) is 0. The first kappa shape index (κ1) is 14.4. The molecule has 3 nitrogen and oxygen atoms in total. The molecule has 0 spiro atoms. The second-order valence-corrected chi connectivity index (χ2v) is 7.91. The van der Waals surface area contributed by atoms with Gasteiger partial charge in [-0.15, -0.1) is 0 Å². The SMILES string of the molecule is [2H]C([2H])(c1ccnc(-c2cccc3c2oc2nc(C)ccc23)c1)C1(C)CCCC1. The van der Waals surface area contributed by atoms with Crippen LogP contribution in [0, 0.1) is 12.3 Å². The smallest absolute Gasteiger partial charge is 0.227 e. The number of para-hydroxylation sites is 1. The number of fused-ring (bicyclic) bond motifs is 3. The summed E-state index contributed by atoms with van der Waals surface area (Å²) in [6, 6.07) is 13.7. The van der Waals surface area contributed by atoms with Gasteiger partial charge in [-0.25, -0.2) is 4.98 Å². The topological polar surface area (TPSA) is 38.9 Å². The third kappa shape index (κ3) is 2.91. The number of rotatable bonds is 3. The van der Waals surface area contributed by atoms with Crippen LogP contribution >= 0.6 is 0 Å². The van der Waals surface area contributed by atoms with Crippen molar-refractivity contribution in [2.45, 2.75) is 45.9 Å². The van der Waals surface area contributed by atoms with E-state index in [0.717, 1.165) is 59.0 Å². The van der Waals surface area contributed by atoms with Gasteiger partial charge in [0.1, 0.15) is 5.58 Å². The number of hydrogen-bond donors (Lipinski definition) is 0. The Bertz CT molecular complexity index is 1220. The molecule has 5 rings (SSSR count). The summed E-state index contributed by atoms with van der Waals surface area (Å²) in [5.41, 5.74) is 4.24. The maximum atomic E-state index is 8.90. The summed E-state index contributed by atoms with van der Waals surface area (Å²) >= 11 is 0. The van der Waals surface area contributed by atoms with Gasteiger partial charge < -0.3 is 4.42 Å². The molecule has 3 aromatic heterocycles. The highest BCUT2D eigenvalue weighted by Gasteiger charge is 2.28. The van der Waals surface area contributed by atoms with E-state index in [1.165, 1.54) is 0 Å². The first-order valence-corrected chi connectivity index (χ1v) is 9.65. The van der Waals surface area contributed by atoms with E-state index >= 15 is 0 Å². The van der Waals surface area contributed by atoms with Gasteiger partial charge in [0.25, 0.3) is 0 Å². The maximum absolute atomic E-state index is 8.90. The van der Waals surface area contributed by atoms with Gasteiger partial charge in [-0.05, 0) is 67.4 Å². The lowest BCUT2D eigenvalue weighted by Gasteiger charge is -2.23. The normalized spacial score (nSPS) is 18.0. The lowest BCUT2D eigenvalue weighted by atomic mass is 9.82. The van der Waals surface area contributed by atoms with Crippen LogP contribution in [0.2, 0.25) is 0 Å². The Morgan fingerprint density at radius 1 is 1.11 bits per heavy atom. The molecule has 0 amide bonds. The second-order valence-electron chi connectivity index (χ2n) is 7.91. The van der Waals surface area contributed by atoms with Crippen molar-refractivity contribution in [3.05, 3.63) is 59.9 Å².